The van der Waals surface area contributed by atoms with Crippen LogP contribution in [0.25, 0.3) is 0 Å². The first-order valence-electron chi connectivity index (χ1n) is 14.6. The van der Waals surface area contributed by atoms with Crippen molar-refractivity contribution < 1.29 is 9.59 Å². The third kappa shape index (κ3) is 9.93. The summed E-state index contributed by atoms with van der Waals surface area (Å²) >= 11 is 0. The van der Waals surface area contributed by atoms with Gasteiger partial charge in [0.1, 0.15) is 18.2 Å². The standard InChI is InChI=1S/C27H37N7O2.C4H8.C2H5N/c1-6-11-34(19(4)14-28)24(35)15-30-18(3)13-27(26-31-16-32-33-26)20(5)17(2)7-8-21-12-22(25(29)36)9-10-23(21)27;1-4(2)3;1-2-3/h9-10,12,16,18-19,30H,6-8,11,13,15H2,1-5H3,(H2,29,36)(H,31,32,33);1H2,2-3H3;2H,1,3H2. The number of nitriles is 1. The van der Waals surface area contributed by atoms with Crippen molar-refractivity contribution in [2.24, 2.45) is 11.5 Å². The van der Waals surface area contributed by atoms with Gasteiger partial charge in [-0.2, -0.15) is 10.4 Å². The lowest BCUT2D eigenvalue weighted by Crippen LogP contribution is -2.46. The molecule has 0 radical (unpaired) electrons. The molecule has 10 heteroatoms. The molecule has 6 N–H and O–H groups in total. The fourth-order valence-electron chi connectivity index (χ4n) is 5.26. The Kier molecular flexibility index (Phi) is 15.1. The molecule has 2 amide bonds. The van der Waals surface area contributed by atoms with E-state index in [1.165, 1.54) is 29.2 Å². The van der Waals surface area contributed by atoms with Gasteiger partial charge in [-0.25, -0.2) is 4.98 Å². The summed E-state index contributed by atoms with van der Waals surface area (Å²) in [5, 5.41) is 20.0. The second-order valence-electron chi connectivity index (χ2n) is 11.2. The van der Waals surface area contributed by atoms with Gasteiger partial charge in [-0.05, 0) is 96.7 Å². The van der Waals surface area contributed by atoms with Crippen LogP contribution in [0.1, 0.15) is 95.0 Å². The van der Waals surface area contributed by atoms with Crippen molar-refractivity contribution in [3.05, 3.63) is 83.1 Å². The van der Waals surface area contributed by atoms with Gasteiger partial charge >= 0.3 is 0 Å². The van der Waals surface area contributed by atoms with E-state index in [0.29, 0.717) is 18.5 Å². The highest BCUT2D eigenvalue weighted by Crippen LogP contribution is 2.47. The predicted molar refractivity (Wildman–Crippen MR) is 173 cm³/mol. The second-order valence-corrected chi connectivity index (χ2v) is 11.2. The van der Waals surface area contributed by atoms with Crippen molar-refractivity contribution in [1.82, 2.24) is 25.4 Å². The molecule has 1 heterocycles. The van der Waals surface area contributed by atoms with Crippen molar-refractivity contribution in [3.63, 3.8) is 0 Å². The average molecular weight is 591 g/mol. The van der Waals surface area contributed by atoms with Crippen molar-refractivity contribution >= 4 is 11.8 Å². The quantitative estimate of drug-likeness (QED) is 0.292. The molecule has 0 spiro atoms. The van der Waals surface area contributed by atoms with Crippen LogP contribution in [0.15, 0.2) is 60.6 Å². The maximum atomic E-state index is 12.9. The summed E-state index contributed by atoms with van der Waals surface area (Å²) in [7, 11) is 0. The number of hydrogen-bond donors (Lipinski definition) is 4. The third-order valence-electron chi connectivity index (χ3n) is 7.37. The van der Waals surface area contributed by atoms with Crippen molar-refractivity contribution in [2.75, 3.05) is 13.1 Å². The van der Waals surface area contributed by atoms with Crippen LogP contribution in [0.2, 0.25) is 0 Å². The maximum absolute atomic E-state index is 12.9. The van der Waals surface area contributed by atoms with E-state index in [9.17, 15) is 14.9 Å². The summed E-state index contributed by atoms with van der Waals surface area (Å²) in [6.07, 6.45) is 5.80. The second kappa shape index (κ2) is 17.7. The number of carbonyl (C=O) groups excluding carboxylic acids is 2. The lowest BCUT2D eigenvalue weighted by atomic mass is 9.68. The predicted octanol–water partition coefficient (Wildman–Crippen LogP) is 4.66. The van der Waals surface area contributed by atoms with Gasteiger partial charge in [0.25, 0.3) is 0 Å². The lowest BCUT2D eigenvalue weighted by molar-refractivity contribution is -0.131. The van der Waals surface area contributed by atoms with Crippen LogP contribution in [-0.4, -0.2) is 57.1 Å². The van der Waals surface area contributed by atoms with Crippen LogP contribution in [0.4, 0.5) is 0 Å². The van der Waals surface area contributed by atoms with Crippen LogP contribution in [-0.2, 0) is 16.6 Å². The molecule has 2 aromatic rings. The number of H-pyrrole nitrogens is 1. The maximum Gasteiger partial charge on any atom is 0.248 e. The highest BCUT2D eigenvalue weighted by atomic mass is 16.2. The first kappa shape index (κ1) is 36.8. The normalized spacial score (nSPS) is 16.9. The Bertz CT molecular complexity index is 1300. The summed E-state index contributed by atoms with van der Waals surface area (Å²) in [6, 6.07) is 7.26. The van der Waals surface area contributed by atoms with Crippen LogP contribution in [0.5, 0.6) is 0 Å². The number of carbonyl (C=O) groups is 2. The molecule has 1 aliphatic rings. The zero-order chi connectivity index (χ0) is 32.7. The Hall–Kier alpha value is -4.23. The number of aryl methyl sites for hydroxylation is 1. The SMILES string of the molecule is C=C(C)C.C=CN.CCCN(C(=O)CNC(C)CC1(c2ncn[nH]2)C(C)=C(C)CCc2cc(C(N)=O)ccc21)C(C)C#N. The first-order valence-corrected chi connectivity index (χ1v) is 14.6. The van der Waals surface area contributed by atoms with E-state index in [0.717, 1.165) is 36.2 Å². The van der Waals surface area contributed by atoms with E-state index in [1.54, 1.807) is 17.9 Å². The molecular weight excluding hydrogens is 540 g/mol. The van der Waals surface area contributed by atoms with Gasteiger partial charge in [0, 0.05) is 18.2 Å². The van der Waals surface area contributed by atoms with E-state index in [2.05, 4.69) is 59.3 Å². The number of allylic oxidation sites excluding steroid dienone is 3. The van der Waals surface area contributed by atoms with Crippen molar-refractivity contribution in [1.29, 1.82) is 5.26 Å². The zero-order valence-corrected chi connectivity index (χ0v) is 27.0. The highest BCUT2D eigenvalue weighted by Gasteiger charge is 2.43. The summed E-state index contributed by atoms with van der Waals surface area (Å²) in [4.78, 5) is 31.1. The molecule has 3 atom stereocenters. The molecule has 10 nitrogen and oxygen atoms in total. The monoisotopic (exact) mass is 590 g/mol. The van der Waals surface area contributed by atoms with Crippen LogP contribution in [0.3, 0.4) is 0 Å². The fraction of sp³-hybridized carbons (Fsp3) is 0.485. The molecule has 3 rings (SSSR count). The smallest absolute Gasteiger partial charge is 0.248 e. The van der Waals surface area contributed by atoms with Gasteiger partial charge in [0.2, 0.25) is 11.8 Å². The number of hydrogen-bond acceptors (Lipinski definition) is 7. The Morgan fingerprint density at radius 2 is 1.91 bits per heavy atom. The number of rotatable bonds is 10. The summed E-state index contributed by atoms with van der Waals surface area (Å²) < 4.78 is 0. The number of fused-ring (bicyclic) bond motifs is 1. The average Bonchev–Trinajstić information content (AvgIpc) is 3.48. The Labute approximate surface area is 257 Å². The van der Waals surface area contributed by atoms with E-state index in [4.69, 9.17) is 5.73 Å². The Morgan fingerprint density at radius 1 is 1.28 bits per heavy atom. The summed E-state index contributed by atoms with van der Waals surface area (Å²) in [5.41, 5.74) is 15.8. The number of nitrogens with zero attached hydrogens (tertiary/aromatic N) is 4. The molecule has 0 saturated heterocycles. The number of nitrogens with one attached hydrogen (secondary N) is 2. The zero-order valence-electron chi connectivity index (χ0n) is 27.0. The molecule has 0 bridgehead atoms. The van der Waals surface area contributed by atoms with Gasteiger partial charge in [-0.3, -0.25) is 14.7 Å². The number of aromatic nitrogens is 3. The topological polar surface area (TPSA) is 167 Å². The molecular formula is C33H50N8O2. The van der Waals surface area contributed by atoms with Crippen LogP contribution >= 0.6 is 0 Å². The van der Waals surface area contributed by atoms with Gasteiger partial charge in [-0.15, -0.1) is 6.58 Å². The number of benzene rings is 1. The van der Waals surface area contributed by atoms with E-state index in [-0.39, 0.29) is 18.5 Å². The molecule has 0 saturated carbocycles. The fourth-order valence-corrected chi connectivity index (χ4v) is 5.26. The first-order chi connectivity index (χ1) is 20.3. The van der Waals surface area contributed by atoms with E-state index in [1.807, 2.05) is 39.8 Å². The molecule has 0 aliphatic heterocycles. The van der Waals surface area contributed by atoms with Gasteiger partial charge in [0.15, 0.2) is 0 Å². The Morgan fingerprint density at radius 3 is 2.42 bits per heavy atom. The number of aromatic amines is 1. The minimum atomic E-state index is -0.624. The van der Waals surface area contributed by atoms with Crippen LogP contribution < -0.4 is 16.8 Å². The Balaban J connectivity index is 0.00000119. The van der Waals surface area contributed by atoms with Gasteiger partial charge in [0.05, 0.1) is 18.0 Å². The molecule has 1 aromatic heterocycles. The molecule has 3 unspecified atom stereocenters. The van der Waals surface area contributed by atoms with Crippen LogP contribution in [0, 0.1) is 11.3 Å². The van der Waals surface area contributed by atoms with Crippen molar-refractivity contribution in [2.45, 2.75) is 91.6 Å². The largest absolute Gasteiger partial charge is 0.405 e. The van der Waals surface area contributed by atoms with Gasteiger partial charge < -0.3 is 21.7 Å². The van der Waals surface area contributed by atoms with Gasteiger partial charge in [-0.1, -0.05) is 36.3 Å². The molecule has 0 fully saturated rings. The van der Waals surface area contributed by atoms with Crippen molar-refractivity contribution in [3.8, 4) is 6.07 Å². The number of primary amides is 1. The molecule has 43 heavy (non-hydrogen) atoms. The minimum absolute atomic E-state index is 0.0792. The third-order valence-corrected chi connectivity index (χ3v) is 7.37. The molecule has 1 aromatic carbocycles. The summed E-state index contributed by atoms with van der Waals surface area (Å²) in [6.45, 7) is 21.4. The molecule has 234 valence electrons. The highest BCUT2D eigenvalue weighted by molar-refractivity contribution is 5.93. The number of nitrogens with two attached hydrogens (primary N) is 2. The summed E-state index contributed by atoms with van der Waals surface area (Å²) in [5.74, 6) is 0.174. The molecule has 1 aliphatic carbocycles. The lowest BCUT2D eigenvalue weighted by Gasteiger charge is -2.37. The minimum Gasteiger partial charge on any atom is -0.405 e. The van der Waals surface area contributed by atoms with E-state index >= 15 is 0 Å². The number of amides is 2. The van der Waals surface area contributed by atoms with E-state index < -0.39 is 17.4 Å².